The first-order valence-corrected chi connectivity index (χ1v) is 10.0. The monoisotopic (exact) mass is 427 g/mol. The number of hydrogen-bond acceptors (Lipinski definition) is 9. The number of nitrogens with zero attached hydrogens (tertiary/aromatic N) is 7. The SMILES string of the molecule is CC1(C(=O)N2OCC[C@H]2c2cncnc2)CCN(c2ncc(F)c(OCC#N)n2)CC1. The third-order valence-electron chi connectivity index (χ3n) is 5.71. The van der Waals surface area contributed by atoms with Gasteiger partial charge in [0.1, 0.15) is 12.4 Å². The lowest BCUT2D eigenvalue weighted by atomic mass is 9.79. The van der Waals surface area contributed by atoms with Gasteiger partial charge < -0.3 is 9.64 Å². The van der Waals surface area contributed by atoms with Gasteiger partial charge in [0, 0.05) is 37.5 Å². The molecule has 10 nitrogen and oxygen atoms in total. The normalized spacial score (nSPS) is 20.4. The maximum absolute atomic E-state index is 13.8. The van der Waals surface area contributed by atoms with Gasteiger partial charge in [-0.1, -0.05) is 6.92 Å². The molecular weight excluding hydrogens is 405 g/mol. The Morgan fingerprint density at radius 3 is 2.81 bits per heavy atom. The first-order chi connectivity index (χ1) is 15.0. The molecule has 4 rings (SSSR count). The fraction of sp³-hybridized carbons (Fsp3) is 0.500. The molecule has 11 heteroatoms. The lowest BCUT2D eigenvalue weighted by Gasteiger charge is -2.40. The molecule has 31 heavy (non-hydrogen) atoms. The van der Waals surface area contributed by atoms with Gasteiger partial charge in [0.15, 0.2) is 6.61 Å². The quantitative estimate of drug-likeness (QED) is 0.704. The van der Waals surface area contributed by atoms with Gasteiger partial charge in [0.2, 0.25) is 11.8 Å². The molecule has 2 aliphatic rings. The second-order valence-corrected chi connectivity index (χ2v) is 7.76. The Kier molecular flexibility index (Phi) is 5.90. The average molecular weight is 427 g/mol. The highest BCUT2D eigenvalue weighted by Crippen LogP contribution is 2.39. The van der Waals surface area contributed by atoms with E-state index in [9.17, 15) is 9.18 Å². The second-order valence-electron chi connectivity index (χ2n) is 7.76. The van der Waals surface area contributed by atoms with Gasteiger partial charge in [-0.05, 0) is 12.8 Å². The van der Waals surface area contributed by atoms with Crippen molar-refractivity contribution < 1.29 is 18.8 Å². The van der Waals surface area contributed by atoms with Crippen LogP contribution in [0.3, 0.4) is 0 Å². The van der Waals surface area contributed by atoms with Crippen LogP contribution in [0.2, 0.25) is 0 Å². The van der Waals surface area contributed by atoms with Crippen LogP contribution in [0.5, 0.6) is 5.88 Å². The fourth-order valence-electron chi connectivity index (χ4n) is 3.83. The predicted octanol–water partition coefficient (Wildman–Crippen LogP) is 1.82. The van der Waals surface area contributed by atoms with Gasteiger partial charge in [0.05, 0.1) is 24.3 Å². The molecule has 2 fully saturated rings. The minimum atomic E-state index is -0.724. The number of piperidine rings is 1. The molecule has 0 radical (unpaired) electrons. The number of aromatic nitrogens is 4. The van der Waals surface area contributed by atoms with Crippen LogP contribution in [0.1, 0.15) is 37.8 Å². The summed E-state index contributed by atoms with van der Waals surface area (Å²) in [5, 5.41) is 10.1. The lowest BCUT2D eigenvalue weighted by molar-refractivity contribution is -0.189. The van der Waals surface area contributed by atoms with E-state index in [1.165, 1.54) is 11.4 Å². The van der Waals surface area contributed by atoms with Crippen molar-refractivity contribution in [2.75, 3.05) is 31.2 Å². The number of ether oxygens (including phenoxy) is 1. The van der Waals surface area contributed by atoms with Crippen LogP contribution in [0.4, 0.5) is 10.3 Å². The van der Waals surface area contributed by atoms with E-state index >= 15 is 0 Å². The van der Waals surface area contributed by atoms with Crippen molar-refractivity contribution in [2.24, 2.45) is 5.41 Å². The lowest BCUT2D eigenvalue weighted by Crippen LogP contribution is -2.48. The van der Waals surface area contributed by atoms with Crippen LogP contribution in [-0.2, 0) is 9.63 Å². The summed E-state index contributed by atoms with van der Waals surface area (Å²) < 4.78 is 18.8. The maximum Gasteiger partial charge on any atom is 0.256 e. The molecule has 2 aromatic heterocycles. The number of hydroxylamine groups is 2. The summed E-state index contributed by atoms with van der Waals surface area (Å²) in [6.45, 7) is 3.11. The van der Waals surface area contributed by atoms with Gasteiger partial charge in [-0.2, -0.15) is 14.6 Å². The van der Waals surface area contributed by atoms with Gasteiger partial charge in [-0.25, -0.2) is 20.0 Å². The highest BCUT2D eigenvalue weighted by molar-refractivity contribution is 5.82. The Bertz CT molecular complexity index is 976. The van der Waals surface area contributed by atoms with Crippen molar-refractivity contribution in [3.8, 4) is 11.9 Å². The van der Waals surface area contributed by atoms with Crippen molar-refractivity contribution in [3.05, 3.63) is 36.3 Å². The van der Waals surface area contributed by atoms with Crippen molar-refractivity contribution in [1.82, 2.24) is 25.0 Å². The zero-order chi connectivity index (χ0) is 21.8. The van der Waals surface area contributed by atoms with E-state index in [0.717, 1.165) is 11.8 Å². The van der Waals surface area contributed by atoms with Crippen LogP contribution in [-0.4, -0.2) is 57.2 Å². The minimum absolute atomic E-state index is 0.0726. The Morgan fingerprint density at radius 2 is 2.10 bits per heavy atom. The van der Waals surface area contributed by atoms with Gasteiger partial charge >= 0.3 is 0 Å². The van der Waals surface area contributed by atoms with Crippen LogP contribution in [0.25, 0.3) is 0 Å². The number of nitriles is 1. The zero-order valence-electron chi connectivity index (χ0n) is 17.1. The molecule has 2 aromatic rings. The number of rotatable bonds is 5. The Labute approximate surface area is 178 Å². The Hall–Kier alpha value is -3.39. The van der Waals surface area contributed by atoms with E-state index in [-0.39, 0.29) is 24.4 Å². The summed E-state index contributed by atoms with van der Waals surface area (Å²) in [7, 11) is 0. The van der Waals surface area contributed by atoms with E-state index in [1.807, 2.05) is 11.8 Å². The molecule has 0 aliphatic carbocycles. The van der Waals surface area contributed by atoms with Crippen molar-refractivity contribution in [2.45, 2.75) is 32.2 Å². The summed E-state index contributed by atoms with van der Waals surface area (Å²) in [6, 6.07) is 1.58. The molecule has 0 saturated carbocycles. The van der Waals surface area contributed by atoms with Crippen LogP contribution < -0.4 is 9.64 Å². The summed E-state index contributed by atoms with van der Waals surface area (Å²) in [5.41, 5.74) is 0.230. The summed E-state index contributed by atoms with van der Waals surface area (Å²) in [6.07, 6.45) is 7.69. The Morgan fingerprint density at radius 1 is 1.35 bits per heavy atom. The molecule has 2 saturated heterocycles. The molecular formula is C20H22FN7O3. The number of halogens is 1. The molecule has 1 amide bonds. The largest absolute Gasteiger partial charge is 0.460 e. The first-order valence-electron chi connectivity index (χ1n) is 10.0. The fourth-order valence-corrected chi connectivity index (χ4v) is 3.83. The highest BCUT2D eigenvalue weighted by atomic mass is 19.1. The van der Waals surface area contributed by atoms with Gasteiger partial charge in [-0.15, -0.1) is 0 Å². The van der Waals surface area contributed by atoms with Crippen LogP contribution in [0, 0.1) is 22.6 Å². The molecule has 0 bridgehead atoms. The standard InChI is InChI=1S/C20H22FN7O3/c1-20(18(29)28-16(2-8-31-28)14-10-23-13-24-11-14)3-6-27(7-4-20)19-25-12-15(21)17(26-19)30-9-5-22/h10-13,16H,2-4,6-9H2,1H3/t16-/m0/s1. The average Bonchev–Trinajstić information content (AvgIpc) is 3.29. The number of carbonyl (C=O) groups is 1. The summed E-state index contributed by atoms with van der Waals surface area (Å²) >= 11 is 0. The molecule has 0 aromatic carbocycles. The van der Waals surface area contributed by atoms with Crippen LogP contribution in [0.15, 0.2) is 24.9 Å². The molecule has 0 spiro atoms. The van der Waals surface area contributed by atoms with E-state index in [2.05, 4.69) is 19.9 Å². The molecule has 0 N–H and O–H groups in total. The Balaban J connectivity index is 1.44. The smallest absolute Gasteiger partial charge is 0.256 e. The summed E-state index contributed by atoms with van der Waals surface area (Å²) in [5.74, 6) is -0.746. The molecule has 2 aliphatic heterocycles. The highest BCUT2D eigenvalue weighted by Gasteiger charge is 2.44. The maximum atomic E-state index is 13.8. The van der Waals surface area contributed by atoms with Gasteiger partial charge in [0.25, 0.3) is 11.8 Å². The number of hydrogen-bond donors (Lipinski definition) is 0. The van der Waals surface area contributed by atoms with Crippen LogP contribution >= 0.6 is 0 Å². The third kappa shape index (κ3) is 4.25. The molecule has 0 unspecified atom stereocenters. The second kappa shape index (κ2) is 8.77. The third-order valence-corrected chi connectivity index (χ3v) is 5.71. The van der Waals surface area contributed by atoms with Crippen molar-refractivity contribution in [3.63, 3.8) is 0 Å². The van der Waals surface area contributed by atoms with Crippen molar-refractivity contribution >= 4 is 11.9 Å². The number of anilines is 1. The molecule has 1 atom stereocenters. The minimum Gasteiger partial charge on any atom is -0.460 e. The van der Waals surface area contributed by atoms with E-state index < -0.39 is 11.2 Å². The number of carbonyl (C=O) groups excluding carboxylic acids is 1. The van der Waals surface area contributed by atoms with E-state index in [1.54, 1.807) is 18.5 Å². The topological polar surface area (TPSA) is 117 Å². The molecule has 4 heterocycles. The predicted molar refractivity (Wildman–Crippen MR) is 105 cm³/mol. The zero-order valence-corrected chi connectivity index (χ0v) is 17.1. The van der Waals surface area contributed by atoms with E-state index in [0.29, 0.717) is 44.9 Å². The number of amides is 1. The van der Waals surface area contributed by atoms with Crippen molar-refractivity contribution in [1.29, 1.82) is 5.26 Å². The van der Waals surface area contributed by atoms with Gasteiger partial charge in [-0.3, -0.25) is 9.63 Å². The summed E-state index contributed by atoms with van der Waals surface area (Å²) in [4.78, 5) is 37.2. The first kappa shape index (κ1) is 20.9. The van der Waals surface area contributed by atoms with E-state index in [4.69, 9.17) is 14.8 Å². The molecule has 162 valence electrons.